The number of hydrogen-bond donors (Lipinski definition) is 0. The molecule has 2 atom stereocenters. The van der Waals surface area contributed by atoms with Gasteiger partial charge >= 0.3 is 0 Å². The molecular weight excluding hydrogens is 292 g/mol. The van der Waals surface area contributed by atoms with E-state index in [2.05, 4.69) is 35.3 Å². The van der Waals surface area contributed by atoms with E-state index in [-0.39, 0.29) is 12.0 Å². The molecule has 3 nitrogen and oxygen atoms in total. The number of benzene rings is 1. The maximum absolute atomic E-state index is 12.9. The summed E-state index contributed by atoms with van der Waals surface area (Å²) < 4.78 is 1.22. The molecular formula is C18H20N2OS. The van der Waals surface area contributed by atoms with E-state index in [1.165, 1.54) is 4.70 Å². The molecule has 1 saturated heterocycles. The molecule has 0 spiro atoms. The van der Waals surface area contributed by atoms with Gasteiger partial charge in [-0.05, 0) is 44.2 Å². The number of likely N-dealkylation sites (tertiary alicyclic amines) is 1. The van der Waals surface area contributed by atoms with Crippen LogP contribution in [0.1, 0.15) is 43.2 Å². The van der Waals surface area contributed by atoms with Crippen LogP contribution in [0.3, 0.4) is 0 Å². The Morgan fingerprint density at radius 2 is 2.14 bits per heavy atom. The molecule has 2 aliphatic rings. The minimum Gasteiger partial charge on any atom is -0.333 e. The van der Waals surface area contributed by atoms with Gasteiger partial charge in [0.1, 0.15) is 5.01 Å². The topological polar surface area (TPSA) is 33.2 Å². The molecule has 0 saturated carbocycles. The van der Waals surface area contributed by atoms with Crippen LogP contribution in [0.5, 0.6) is 0 Å². The van der Waals surface area contributed by atoms with Crippen molar-refractivity contribution in [2.24, 2.45) is 5.92 Å². The molecule has 22 heavy (non-hydrogen) atoms. The maximum Gasteiger partial charge on any atom is 0.226 e. The van der Waals surface area contributed by atoms with Crippen LogP contribution < -0.4 is 0 Å². The van der Waals surface area contributed by atoms with Gasteiger partial charge in [-0.2, -0.15) is 0 Å². The Kier molecular flexibility index (Phi) is 3.70. The zero-order chi connectivity index (χ0) is 14.9. The highest BCUT2D eigenvalue weighted by Crippen LogP contribution is 2.38. The molecule has 2 aromatic rings. The Balaban J connectivity index is 1.60. The van der Waals surface area contributed by atoms with Gasteiger partial charge in [0.05, 0.1) is 16.3 Å². The molecule has 2 heterocycles. The van der Waals surface area contributed by atoms with E-state index < -0.39 is 0 Å². The number of hydrogen-bond acceptors (Lipinski definition) is 3. The Labute approximate surface area is 134 Å². The molecule has 1 amide bonds. The van der Waals surface area contributed by atoms with Crippen LogP contribution in [0, 0.1) is 5.92 Å². The Hall–Kier alpha value is -1.68. The molecule has 0 radical (unpaired) electrons. The molecule has 114 valence electrons. The van der Waals surface area contributed by atoms with Crippen molar-refractivity contribution in [3.05, 3.63) is 41.4 Å². The van der Waals surface area contributed by atoms with Crippen LogP contribution in [0.2, 0.25) is 0 Å². The lowest BCUT2D eigenvalue weighted by Gasteiger charge is -2.28. The first-order valence-corrected chi connectivity index (χ1v) is 8.95. The number of carbonyl (C=O) groups excluding carboxylic acids is 1. The SMILES string of the molecule is O=C([C@@H]1CC=CCC1)N1CCC[C@@H]1c1nc2ccccc2s1. The quantitative estimate of drug-likeness (QED) is 0.774. The number of para-hydroxylation sites is 1. The monoisotopic (exact) mass is 312 g/mol. The van der Waals surface area contributed by atoms with Crippen LogP contribution in [-0.4, -0.2) is 22.3 Å². The van der Waals surface area contributed by atoms with E-state index in [4.69, 9.17) is 4.98 Å². The number of thiazole rings is 1. The van der Waals surface area contributed by atoms with Crippen LogP contribution >= 0.6 is 11.3 Å². The highest BCUT2D eigenvalue weighted by atomic mass is 32.1. The van der Waals surface area contributed by atoms with Gasteiger partial charge in [0.15, 0.2) is 0 Å². The summed E-state index contributed by atoms with van der Waals surface area (Å²) in [5, 5.41) is 1.11. The van der Waals surface area contributed by atoms with Gasteiger partial charge in [0.25, 0.3) is 0 Å². The summed E-state index contributed by atoms with van der Waals surface area (Å²) in [6.45, 7) is 0.889. The van der Waals surface area contributed by atoms with E-state index in [9.17, 15) is 4.79 Å². The second-order valence-electron chi connectivity index (χ2n) is 6.19. The lowest BCUT2D eigenvalue weighted by atomic mass is 9.93. The molecule has 0 N–H and O–H groups in total. The normalized spacial score (nSPS) is 25.0. The van der Waals surface area contributed by atoms with Crippen molar-refractivity contribution in [3.8, 4) is 0 Å². The third-order valence-electron chi connectivity index (χ3n) is 4.75. The van der Waals surface area contributed by atoms with Gasteiger partial charge in [-0.3, -0.25) is 4.79 Å². The van der Waals surface area contributed by atoms with Gasteiger partial charge in [0.2, 0.25) is 5.91 Å². The Morgan fingerprint density at radius 1 is 1.23 bits per heavy atom. The number of carbonyl (C=O) groups is 1. The third kappa shape index (κ3) is 2.45. The summed E-state index contributed by atoms with van der Waals surface area (Å²) in [5.41, 5.74) is 1.06. The van der Waals surface area contributed by atoms with Crippen molar-refractivity contribution in [3.63, 3.8) is 0 Å². The van der Waals surface area contributed by atoms with Gasteiger partial charge in [-0.15, -0.1) is 11.3 Å². The van der Waals surface area contributed by atoms with Crippen LogP contribution in [0.25, 0.3) is 10.2 Å². The lowest BCUT2D eigenvalue weighted by Crippen LogP contribution is -2.36. The highest BCUT2D eigenvalue weighted by Gasteiger charge is 2.35. The summed E-state index contributed by atoms with van der Waals surface area (Å²) in [5.74, 6) is 0.520. The van der Waals surface area contributed by atoms with E-state index in [0.717, 1.165) is 49.2 Å². The number of fused-ring (bicyclic) bond motifs is 1. The lowest BCUT2D eigenvalue weighted by molar-refractivity contribution is -0.136. The van der Waals surface area contributed by atoms with Gasteiger partial charge in [-0.1, -0.05) is 24.3 Å². The summed E-state index contributed by atoms with van der Waals surface area (Å²) in [6.07, 6.45) is 9.44. The van der Waals surface area contributed by atoms with Crippen LogP contribution in [0.15, 0.2) is 36.4 Å². The zero-order valence-electron chi connectivity index (χ0n) is 12.6. The smallest absolute Gasteiger partial charge is 0.226 e. The maximum atomic E-state index is 12.9. The fourth-order valence-electron chi connectivity index (χ4n) is 3.57. The standard InChI is InChI=1S/C18H20N2OS/c21-18(13-7-2-1-3-8-13)20-12-6-10-15(20)17-19-14-9-4-5-11-16(14)22-17/h1-2,4-5,9,11,13,15H,3,6-8,10,12H2/t13-,15-/m1/s1. The summed E-state index contributed by atoms with van der Waals surface area (Å²) in [6, 6.07) is 8.44. The molecule has 4 heteroatoms. The van der Waals surface area contributed by atoms with Gasteiger partial charge in [-0.25, -0.2) is 4.98 Å². The van der Waals surface area contributed by atoms with Crippen molar-refractivity contribution >= 4 is 27.5 Å². The molecule has 0 bridgehead atoms. The van der Waals surface area contributed by atoms with Crippen molar-refractivity contribution in [2.75, 3.05) is 6.54 Å². The second kappa shape index (κ2) is 5.84. The summed E-state index contributed by atoms with van der Waals surface area (Å²) >= 11 is 1.74. The molecule has 1 fully saturated rings. The predicted molar refractivity (Wildman–Crippen MR) is 89.8 cm³/mol. The number of allylic oxidation sites excluding steroid dienone is 2. The van der Waals surface area contributed by atoms with Gasteiger partial charge < -0.3 is 4.90 Å². The second-order valence-corrected chi connectivity index (χ2v) is 7.25. The first-order chi connectivity index (χ1) is 10.8. The Bertz CT molecular complexity index is 688. The number of aromatic nitrogens is 1. The van der Waals surface area contributed by atoms with E-state index in [1.807, 2.05) is 6.07 Å². The van der Waals surface area contributed by atoms with Crippen molar-refractivity contribution in [1.29, 1.82) is 0 Å². The molecule has 0 unspecified atom stereocenters. The number of rotatable bonds is 2. The number of nitrogens with zero attached hydrogens (tertiary/aromatic N) is 2. The van der Waals surface area contributed by atoms with E-state index >= 15 is 0 Å². The van der Waals surface area contributed by atoms with Crippen molar-refractivity contribution in [2.45, 2.75) is 38.1 Å². The van der Waals surface area contributed by atoms with Crippen molar-refractivity contribution in [1.82, 2.24) is 9.88 Å². The average molecular weight is 312 g/mol. The fourth-order valence-corrected chi connectivity index (χ4v) is 4.69. The largest absolute Gasteiger partial charge is 0.333 e. The minimum atomic E-state index is 0.181. The first kappa shape index (κ1) is 13.9. The third-order valence-corrected chi connectivity index (χ3v) is 5.89. The van der Waals surface area contributed by atoms with Gasteiger partial charge in [0, 0.05) is 12.5 Å². The molecule has 1 aliphatic heterocycles. The van der Waals surface area contributed by atoms with Crippen molar-refractivity contribution < 1.29 is 4.79 Å². The first-order valence-electron chi connectivity index (χ1n) is 8.14. The molecule has 1 aromatic heterocycles. The summed E-state index contributed by atoms with van der Waals surface area (Å²) in [4.78, 5) is 19.8. The Morgan fingerprint density at radius 3 is 2.95 bits per heavy atom. The molecule has 1 aliphatic carbocycles. The van der Waals surface area contributed by atoms with Crippen LogP contribution in [-0.2, 0) is 4.79 Å². The number of amides is 1. The minimum absolute atomic E-state index is 0.181. The highest BCUT2D eigenvalue weighted by molar-refractivity contribution is 7.18. The van der Waals surface area contributed by atoms with Crippen LogP contribution in [0.4, 0.5) is 0 Å². The fraction of sp³-hybridized carbons (Fsp3) is 0.444. The van der Waals surface area contributed by atoms with E-state index in [0.29, 0.717) is 5.91 Å². The average Bonchev–Trinajstić information content (AvgIpc) is 3.21. The molecule has 1 aromatic carbocycles. The molecule has 4 rings (SSSR count). The summed E-state index contributed by atoms with van der Waals surface area (Å²) in [7, 11) is 0. The van der Waals surface area contributed by atoms with E-state index in [1.54, 1.807) is 11.3 Å². The zero-order valence-corrected chi connectivity index (χ0v) is 13.4. The predicted octanol–water partition coefficient (Wildman–Crippen LogP) is 4.32.